The smallest absolute Gasteiger partial charge is 0.232 e. The van der Waals surface area contributed by atoms with Crippen LogP contribution in [0.2, 0.25) is 0 Å². The molecule has 2 N–H and O–H groups in total. The van der Waals surface area contributed by atoms with Gasteiger partial charge in [-0.05, 0) is 29.8 Å². The van der Waals surface area contributed by atoms with Gasteiger partial charge in [-0.2, -0.15) is 0 Å². The number of nitrogens with one attached hydrogen (secondary N) is 2. The second-order valence-corrected chi connectivity index (χ2v) is 7.11. The largest absolute Gasteiger partial charge is 0.493 e. The molecule has 0 heterocycles. The maximum atomic E-state index is 13.3. The van der Waals surface area contributed by atoms with Crippen LogP contribution >= 0.6 is 0 Å². The fraction of sp³-hybridized carbons (Fsp3) is 0.235. The molecule has 2 aromatic carbocycles. The average Bonchev–Trinajstić information content (AvgIpc) is 2.58. The summed E-state index contributed by atoms with van der Waals surface area (Å²) in [6, 6.07) is 10.9. The Labute approximate surface area is 151 Å². The van der Waals surface area contributed by atoms with Gasteiger partial charge in [0, 0.05) is 11.8 Å². The monoisotopic (exact) mass is 381 g/mol. The summed E-state index contributed by atoms with van der Waals surface area (Å²) in [7, 11) is -0.547. The number of halogens is 1. The Hall–Kier alpha value is -2.81. The number of hydrogen-bond donors (Lipinski definition) is 2. The molecule has 0 saturated carbocycles. The van der Waals surface area contributed by atoms with Gasteiger partial charge in [0.25, 0.3) is 0 Å². The Kier molecular flexibility index (Phi) is 6.40. The number of hydrogen-bond acceptors (Lipinski definition) is 5. The molecule has 2 rings (SSSR count). The third-order valence-electron chi connectivity index (χ3n) is 3.24. The van der Waals surface area contributed by atoms with Crippen molar-refractivity contribution in [3.05, 3.63) is 53.8 Å². The number of nitrogens with zero attached hydrogens (tertiary/aromatic N) is 1. The molecule has 0 bridgehead atoms. The van der Waals surface area contributed by atoms with Gasteiger partial charge in [0.05, 0.1) is 27.0 Å². The van der Waals surface area contributed by atoms with Crippen LogP contribution in [0.5, 0.6) is 11.5 Å². The Morgan fingerprint density at radius 1 is 1.12 bits per heavy atom. The van der Waals surface area contributed by atoms with E-state index in [2.05, 4.69) is 15.0 Å². The lowest BCUT2D eigenvalue weighted by molar-refractivity contribution is 0.355. The lowest BCUT2D eigenvalue weighted by Gasteiger charge is -2.13. The first-order valence-corrected chi connectivity index (χ1v) is 9.45. The van der Waals surface area contributed by atoms with Crippen molar-refractivity contribution in [2.24, 2.45) is 4.99 Å². The van der Waals surface area contributed by atoms with Crippen molar-refractivity contribution in [3.8, 4) is 11.5 Å². The van der Waals surface area contributed by atoms with Crippen LogP contribution in [0.25, 0.3) is 0 Å². The molecule has 0 saturated heterocycles. The fourth-order valence-electron chi connectivity index (χ4n) is 2.13. The predicted molar refractivity (Wildman–Crippen MR) is 98.7 cm³/mol. The van der Waals surface area contributed by atoms with Crippen LogP contribution in [-0.4, -0.2) is 34.9 Å². The summed E-state index contributed by atoms with van der Waals surface area (Å²) in [6.07, 6.45) is 1.01. The van der Waals surface area contributed by atoms with E-state index in [4.69, 9.17) is 9.47 Å². The highest BCUT2D eigenvalue weighted by Crippen LogP contribution is 2.29. The zero-order chi connectivity index (χ0) is 19.2. The van der Waals surface area contributed by atoms with Gasteiger partial charge in [-0.1, -0.05) is 12.1 Å². The van der Waals surface area contributed by atoms with Crippen molar-refractivity contribution >= 4 is 21.7 Å². The van der Waals surface area contributed by atoms with Gasteiger partial charge >= 0.3 is 0 Å². The average molecular weight is 381 g/mol. The lowest BCUT2D eigenvalue weighted by atomic mass is 10.2. The van der Waals surface area contributed by atoms with Crippen LogP contribution in [0.4, 0.5) is 10.1 Å². The summed E-state index contributed by atoms with van der Waals surface area (Å²) in [4.78, 5) is 4.19. The lowest BCUT2D eigenvalue weighted by Crippen LogP contribution is -2.35. The number of guanidine groups is 1. The molecule has 26 heavy (non-hydrogen) atoms. The Balaban J connectivity index is 2.26. The normalized spacial score (nSPS) is 11.8. The first-order chi connectivity index (χ1) is 12.3. The Bertz CT molecular complexity index is 901. The van der Waals surface area contributed by atoms with E-state index < -0.39 is 10.0 Å². The molecule has 0 atom stereocenters. The van der Waals surface area contributed by atoms with Gasteiger partial charge < -0.3 is 14.8 Å². The molecule has 7 nitrogen and oxygen atoms in total. The Morgan fingerprint density at radius 3 is 2.46 bits per heavy atom. The van der Waals surface area contributed by atoms with Crippen LogP contribution in [0.3, 0.4) is 0 Å². The molecule has 9 heteroatoms. The molecule has 0 unspecified atom stereocenters. The Morgan fingerprint density at radius 2 is 1.85 bits per heavy atom. The van der Waals surface area contributed by atoms with Crippen LogP contribution in [0.1, 0.15) is 5.56 Å². The topological polar surface area (TPSA) is 89.0 Å². The first kappa shape index (κ1) is 19.5. The van der Waals surface area contributed by atoms with Gasteiger partial charge in [-0.3, -0.25) is 4.72 Å². The minimum absolute atomic E-state index is 0.00369. The van der Waals surface area contributed by atoms with Crippen LogP contribution in [0, 0.1) is 5.82 Å². The van der Waals surface area contributed by atoms with Gasteiger partial charge in [-0.15, -0.1) is 0 Å². The molecule has 0 amide bonds. The number of rotatable bonds is 6. The van der Waals surface area contributed by atoms with Crippen LogP contribution < -0.4 is 19.5 Å². The maximum absolute atomic E-state index is 13.3. The molecule has 0 aliphatic heterocycles. The van der Waals surface area contributed by atoms with Crippen molar-refractivity contribution in [2.75, 3.05) is 25.8 Å². The fourth-order valence-corrected chi connectivity index (χ4v) is 2.60. The minimum Gasteiger partial charge on any atom is -0.493 e. The third-order valence-corrected chi connectivity index (χ3v) is 3.80. The summed E-state index contributed by atoms with van der Waals surface area (Å²) in [5, 5.41) is 2.88. The number of anilines is 1. The van der Waals surface area contributed by atoms with Crippen molar-refractivity contribution in [1.82, 2.24) is 4.72 Å². The van der Waals surface area contributed by atoms with Crippen LogP contribution in [0.15, 0.2) is 47.5 Å². The highest BCUT2D eigenvalue weighted by atomic mass is 32.2. The maximum Gasteiger partial charge on any atom is 0.232 e. The number of aliphatic imine (C=N–C) groups is 1. The molecule has 140 valence electrons. The molecular formula is C17H20FN3O4S. The first-order valence-electron chi connectivity index (χ1n) is 7.56. The molecule has 0 fully saturated rings. The summed E-state index contributed by atoms with van der Waals surface area (Å²) < 4.78 is 49.1. The standard InChI is InChI=1S/C17H20FN3O4S/c1-24-15-8-7-14(10-16(15)25-2)20-17(21-26(3,22)23)19-11-12-5-4-6-13(18)9-12/h4-10H,11H2,1-3H3,(H2,19,20,21). The zero-order valence-electron chi connectivity index (χ0n) is 14.6. The van der Waals surface area contributed by atoms with Gasteiger partial charge in [0.2, 0.25) is 16.0 Å². The summed E-state index contributed by atoms with van der Waals surface area (Å²) >= 11 is 0. The van der Waals surface area contributed by atoms with E-state index in [9.17, 15) is 12.8 Å². The minimum atomic E-state index is -3.56. The number of sulfonamides is 1. The van der Waals surface area contributed by atoms with Gasteiger partial charge in [0.1, 0.15) is 5.82 Å². The van der Waals surface area contributed by atoms with Crippen LogP contribution in [-0.2, 0) is 16.6 Å². The molecule has 0 spiro atoms. The summed E-state index contributed by atoms with van der Waals surface area (Å²) in [6.45, 7) is 0.0932. The van der Waals surface area contributed by atoms with E-state index in [0.717, 1.165) is 6.26 Å². The van der Waals surface area contributed by atoms with Crippen molar-refractivity contribution in [2.45, 2.75) is 6.54 Å². The van der Waals surface area contributed by atoms with Crippen molar-refractivity contribution in [1.29, 1.82) is 0 Å². The third kappa shape index (κ3) is 5.92. The molecule has 0 aliphatic rings. The van der Waals surface area contributed by atoms with E-state index in [1.165, 1.54) is 26.4 Å². The van der Waals surface area contributed by atoms with E-state index >= 15 is 0 Å². The molecule has 0 radical (unpaired) electrons. The number of methoxy groups -OCH3 is 2. The molecular weight excluding hydrogens is 361 g/mol. The SMILES string of the molecule is COc1ccc(NC(=NCc2cccc(F)c2)NS(C)(=O)=O)cc1OC. The van der Waals surface area contributed by atoms with E-state index in [0.29, 0.717) is 22.7 Å². The van der Waals surface area contributed by atoms with E-state index in [-0.39, 0.29) is 18.3 Å². The predicted octanol–water partition coefficient (Wildman–Crippen LogP) is 2.36. The van der Waals surface area contributed by atoms with Crippen molar-refractivity contribution in [3.63, 3.8) is 0 Å². The molecule has 2 aromatic rings. The molecule has 0 aromatic heterocycles. The van der Waals surface area contributed by atoms with E-state index in [1.807, 2.05) is 0 Å². The zero-order valence-corrected chi connectivity index (χ0v) is 15.4. The number of benzene rings is 2. The van der Waals surface area contributed by atoms with Gasteiger partial charge in [-0.25, -0.2) is 17.8 Å². The number of ether oxygens (including phenoxy) is 2. The van der Waals surface area contributed by atoms with E-state index in [1.54, 1.807) is 30.3 Å². The van der Waals surface area contributed by atoms with Gasteiger partial charge in [0.15, 0.2) is 11.5 Å². The molecule has 0 aliphatic carbocycles. The summed E-state index contributed by atoms with van der Waals surface area (Å²) in [5.74, 6) is 0.626. The highest BCUT2D eigenvalue weighted by Gasteiger charge is 2.10. The summed E-state index contributed by atoms with van der Waals surface area (Å²) in [5.41, 5.74) is 1.14. The second kappa shape index (κ2) is 8.52. The van der Waals surface area contributed by atoms with Crippen molar-refractivity contribution < 1.29 is 22.3 Å². The quantitative estimate of drug-likeness (QED) is 0.592. The highest BCUT2D eigenvalue weighted by molar-refractivity contribution is 7.89. The second-order valence-electron chi connectivity index (χ2n) is 5.36.